The van der Waals surface area contributed by atoms with Gasteiger partial charge in [-0.25, -0.2) is 9.18 Å². The summed E-state index contributed by atoms with van der Waals surface area (Å²) >= 11 is 0. The quantitative estimate of drug-likeness (QED) is 0.748. The maximum atomic E-state index is 14.1. The van der Waals surface area contributed by atoms with Gasteiger partial charge in [0.05, 0.1) is 36.9 Å². The average molecular weight is 374 g/mol. The van der Waals surface area contributed by atoms with Gasteiger partial charge in [-0.2, -0.15) is 0 Å². The molecule has 1 unspecified atom stereocenters. The van der Waals surface area contributed by atoms with Gasteiger partial charge in [-0.05, 0) is 36.8 Å². The molecule has 0 bridgehead atoms. The third-order valence-electron chi connectivity index (χ3n) is 4.28. The highest BCUT2D eigenvalue weighted by molar-refractivity contribution is 5.99. The van der Waals surface area contributed by atoms with Gasteiger partial charge < -0.3 is 20.5 Å². The molecular weight excluding hydrogens is 351 g/mol. The minimum Gasteiger partial charge on any atom is -0.394 e. The van der Waals surface area contributed by atoms with Gasteiger partial charge in [0, 0.05) is 25.3 Å². The van der Waals surface area contributed by atoms with Crippen molar-refractivity contribution in [3.05, 3.63) is 53.6 Å². The molecule has 1 aliphatic rings. The van der Waals surface area contributed by atoms with Crippen molar-refractivity contribution < 1.29 is 19.0 Å². The Balaban J connectivity index is 1.62. The van der Waals surface area contributed by atoms with Gasteiger partial charge in [-0.15, -0.1) is 0 Å². The molecule has 1 fully saturated rings. The number of aryl methyl sites for hydroxylation is 1. The van der Waals surface area contributed by atoms with Gasteiger partial charge in [-0.3, -0.25) is 9.88 Å². The van der Waals surface area contributed by atoms with E-state index in [4.69, 9.17) is 4.74 Å². The number of rotatable bonds is 5. The number of hydrogen-bond acceptors (Lipinski definition) is 5. The van der Waals surface area contributed by atoms with E-state index in [1.165, 1.54) is 12.3 Å². The van der Waals surface area contributed by atoms with Crippen molar-refractivity contribution in [1.29, 1.82) is 0 Å². The Morgan fingerprint density at radius 1 is 1.37 bits per heavy atom. The number of carbonyl (C=O) groups excluding carboxylic acids is 1. The molecule has 0 aliphatic carbocycles. The molecule has 27 heavy (non-hydrogen) atoms. The molecule has 0 saturated carbocycles. The topological polar surface area (TPSA) is 86.7 Å². The number of amides is 2. The van der Waals surface area contributed by atoms with Crippen molar-refractivity contribution >= 4 is 17.4 Å². The average Bonchev–Trinajstić information content (AvgIpc) is 2.66. The summed E-state index contributed by atoms with van der Waals surface area (Å²) in [6.45, 7) is 4.29. The van der Waals surface area contributed by atoms with E-state index < -0.39 is 11.8 Å². The number of pyridine rings is 1. The lowest BCUT2D eigenvalue weighted by Gasteiger charge is -2.32. The maximum Gasteiger partial charge on any atom is 0.323 e. The van der Waals surface area contributed by atoms with Crippen LogP contribution in [-0.4, -0.2) is 53.4 Å². The number of carbonyl (C=O) groups is 1. The second-order valence-electron chi connectivity index (χ2n) is 6.49. The van der Waals surface area contributed by atoms with Crippen LogP contribution in [0.5, 0.6) is 0 Å². The zero-order valence-corrected chi connectivity index (χ0v) is 15.1. The smallest absolute Gasteiger partial charge is 0.323 e. The number of urea groups is 1. The van der Waals surface area contributed by atoms with Crippen LogP contribution in [0.1, 0.15) is 11.3 Å². The number of hydrogen-bond donors (Lipinski definition) is 3. The second kappa shape index (κ2) is 8.90. The molecule has 1 atom stereocenters. The van der Waals surface area contributed by atoms with Crippen LogP contribution in [0.25, 0.3) is 0 Å². The van der Waals surface area contributed by atoms with Crippen LogP contribution in [0.4, 0.5) is 20.6 Å². The third-order valence-corrected chi connectivity index (χ3v) is 4.28. The molecule has 2 aromatic rings. The number of ether oxygens (including phenoxy) is 1. The van der Waals surface area contributed by atoms with E-state index in [-0.39, 0.29) is 18.4 Å². The lowest BCUT2D eigenvalue weighted by atomic mass is 10.1. The summed E-state index contributed by atoms with van der Waals surface area (Å²) in [5, 5.41) is 14.4. The van der Waals surface area contributed by atoms with Crippen molar-refractivity contribution in [3.63, 3.8) is 0 Å². The minimum absolute atomic E-state index is 0.0270. The molecule has 1 aromatic carbocycles. The van der Waals surface area contributed by atoms with Crippen LogP contribution < -0.4 is 10.6 Å². The first kappa shape index (κ1) is 19.2. The van der Waals surface area contributed by atoms with E-state index >= 15 is 0 Å². The fourth-order valence-corrected chi connectivity index (χ4v) is 2.89. The van der Waals surface area contributed by atoms with E-state index in [0.29, 0.717) is 25.4 Å². The molecule has 0 spiro atoms. The molecule has 144 valence electrons. The number of anilines is 2. The van der Waals surface area contributed by atoms with Gasteiger partial charge in [0.1, 0.15) is 5.82 Å². The Labute approximate surface area is 157 Å². The number of nitrogens with one attached hydrogen (secondary N) is 2. The molecule has 3 rings (SSSR count). The Morgan fingerprint density at radius 3 is 2.96 bits per heavy atom. The molecule has 1 aromatic heterocycles. The van der Waals surface area contributed by atoms with Crippen LogP contribution in [0.15, 0.2) is 36.5 Å². The van der Waals surface area contributed by atoms with E-state index in [2.05, 4.69) is 20.5 Å². The molecule has 7 nitrogen and oxygen atoms in total. The monoisotopic (exact) mass is 374 g/mol. The zero-order valence-electron chi connectivity index (χ0n) is 15.1. The number of aromatic nitrogens is 1. The summed E-state index contributed by atoms with van der Waals surface area (Å²) in [5.74, 6) is -0.508. The summed E-state index contributed by atoms with van der Waals surface area (Å²) in [4.78, 5) is 18.4. The van der Waals surface area contributed by atoms with Crippen LogP contribution in [0.3, 0.4) is 0 Å². The lowest BCUT2D eigenvalue weighted by molar-refractivity contribution is -0.0551. The maximum absolute atomic E-state index is 14.1. The Morgan fingerprint density at radius 2 is 2.22 bits per heavy atom. The van der Waals surface area contributed by atoms with Crippen LogP contribution in [-0.2, 0) is 11.3 Å². The fraction of sp³-hybridized carbons (Fsp3) is 0.368. The van der Waals surface area contributed by atoms with Crippen LogP contribution in [0.2, 0.25) is 0 Å². The standard InChI is InChI=1S/C19H23FN4O3/c1-13-2-4-15(9-21-13)22-19(26)23-18-8-14(3-5-17(18)20)10-24-6-7-27-16(11-24)12-25/h2-5,8-9,16,25H,6-7,10-12H2,1H3,(H2,22,23,26). The lowest BCUT2D eigenvalue weighted by Crippen LogP contribution is -2.43. The second-order valence-corrected chi connectivity index (χ2v) is 6.49. The summed E-state index contributed by atoms with van der Waals surface area (Å²) in [5.41, 5.74) is 2.34. The Bertz CT molecular complexity index is 785. The van der Waals surface area contributed by atoms with Gasteiger partial charge >= 0.3 is 6.03 Å². The first-order valence-corrected chi connectivity index (χ1v) is 8.77. The van der Waals surface area contributed by atoms with E-state index in [1.807, 2.05) is 6.92 Å². The largest absolute Gasteiger partial charge is 0.394 e. The predicted molar refractivity (Wildman–Crippen MR) is 100 cm³/mol. The number of nitrogens with zero attached hydrogens (tertiary/aromatic N) is 2. The number of halogens is 1. The Hall–Kier alpha value is -2.55. The summed E-state index contributed by atoms with van der Waals surface area (Å²) < 4.78 is 19.5. The highest BCUT2D eigenvalue weighted by Gasteiger charge is 2.20. The van der Waals surface area contributed by atoms with Gasteiger partial charge in [0.25, 0.3) is 0 Å². The summed E-state index contributed by atoms with van der Waals surface area (Å²) in [7, 11) is 0. The number of aliphatic hydroxyl groups excluding tert-OH is 1. The van der Waals surface area contributed by atoms with Crippen molar-refractivity contribution in [3.8, 4) is 0 Å². The molecule has 2 heterocycles. The van der Waals surface area contributed by atoms with Crippen LogP contribution >= 0.6 is 0 Å². The van der Waals surface area contributed by atoms with Crippen LogP contribution in [0, 0.1) is 12.7 Å². The minimum atomic E-state index is -0.538. The number of benzene rings is 1. The SMILES string of the molecule is Cc1ccc(NC(=O)Nc2cc(CN3CCOC(CO)C3)ccc2F)cn1. The molecule has 0 radical (unpaired) electrons. The van der Waals surface area contributed by atoms with E-state index in [9.17, 15) is 14.3 Å². The van der Waals surface area contributed by atoms with Gasteiger partial charge in [0.15, 0.2) is 0 Å². The third kappa shape index (κ3) is 5.46. The fourth-order valence-electron chi connectivity index (χ4n) is 2.89. The number of aliphatic hydroxyl groups is 1. The van der Waals surface area contributed by atoms with E-state index in [1.54, 1.807) is 24.3 Å². The summed E-state index contributed by atoms with van der Waals surface area (Å²) in [6, 6.07) is 7.60. The van der Waals surface area contributed by atoms with Crippen molar-refractivity contribution in [2.24, 2.45) is 0 Å². The highest BCUT2D eigenvalue weighted by atomic mass is 19.1. The van der Waals surface area contributed by atoms with Crippen molar-refractivity contribution in [2.75, 3.05) is 36.9 Å². The molecule has 8 heteroatoms. The molecule has 3 N–H and O–H groups in total. The predicted octanol–water partition coefficient (Wildman–Crippen LogP) is 2.37. The summed E-state index contributed by atoms with van der Waals surface area (Å²) in [6.07, 6.45) is 1.34. The number of morpholine rings is 1. The molecule has 1 saturated heterocycles. The zero-order chi connectivity index (χ0) is 19.2. The molecule has 2 amide bonds. The van der Waals surface area contributed by atoms with Crippen molar-refractivity contribution in [2.45, 2.75) is 19.6 Å². The first-order valence-electron chi connectivity index (χ1n) is 8.77. The van der Waals surface area contributed by atoms with E-state index in [0.717, 1.165) is 17.8 Å². The first-order chi connectivity index (χ1) is 13.0. The van der Waals surface area contributed by atoms with Gasteiger partial charge in [0.2, 0.25) is 0 Å². The Kier molecular flexibility index (Phi) is 6.33. The van der Waals surface area contributed by atoms with Crippen molar-refractivity contribution in [1.82, 2.24) is 9.88 Å². The van der Waals surface area contributed by atoms with Gasteiger partial charge in [-0.1, -0.05) is 6.07 Å². The molecular formula is C19H23FN4O3. The molecule has 1 aliphatic heterocycles. The highest BCUT2D eigenvalue weighted by Crippen LogP contribution is 2.19. The normalized spacial score (nSPS) is 17.5.